The number of fused-ring (bicyclic) bond motifs is 1. The van der Waals surface area contributed by atoms with Gasteiger partial charge in [-0.3, -0.25) is 29.1 Å². The maximum Gasteiger partial charge on any atom is 0.262 e. The molecule has 0 aliphatic carbocycles. The van der Waals surface area contributed by atoms with Crippen LogP contribution >= 0.6 is 11.6 Å². The lowest BCUT2D eigenvalue weighted by atomic mass is 10.1. The van der Waals surface area contributed by atoms with Crippen molar-refractivity contribution in [3.05, 3.63) is 50.8 Å². The lowest BCUT2D eigenvalue weighted by Gasteiger charge is -2.14. The standard InChI is InChI=1S/C17H15ClN4O4/c1-7(2)15(24)20-11-4-3-8(5-10(11)18)22-12(23)6-9-13(14(22)19)17(26)21-16(9)25/h3-7H,19H2,1-2H3,(H,20,24)(H,21,25,26). The first kappa shape index (κ1) is 17.7. The summed E-state index contributed by atoms with van der Waals surface area (Å²) < 4.78 is 1.08. The first-order valence-electron chi connectivity index (χ1n) is 7.72. The Bertz CT molecular complexity index is 1030. The molecule has 2 aromatic rings. The number of nitrogen functional groups attached to an aromatic ring is 1. The molecule has 3 amide bonds. The summed E-state index contributed by atoms with van der Waals surface area (Å²) in [4.78, 5) is 47.8. The monoisotopic (exact) mass is 374 g/mol. The maximum absolute atomic E-state index is 12.4. The third kappa shape index (κ3) is 2.84. The Balaban J connectivity index is 2.09. The van der Waals surface area contributed by atoms with E-state index in [1.54, 1.807) is 13.8 Å². The first-order valence-corrected chi connectivity index (χ1v) is 8.10. The summed E-state index contributed by atoms with van der Waals surface area (Å²) in [5, 5.41) is 4.97. The van der Waals surface area contributed by atoms with Crippen LogP contribution in [0.15, 0.2) is 29.1 Å². The average Bonchev–Trinajstić information content (AvgIpc) is 2.83. The molecule has 8 nitrogen and oxygen atoms in total. The second-order valence-electron chi connectivity index (χ2n) is 6.08. The van der Waals surface area contributed by atoms with Crippen molar-refractivity contribution in [3.63, 3.8) is 0 Å². The predicted octanol–water partition coefficient (Wildman–Crippen LogP) is 1.55. The van der Waals surface area contributed by atoms with Crippen LogP contribution in [0.2, 0.25) is 5.02 Å². The van der Waals surface area contributed by atoms with Crippen molar-refractivity contribution >= 4 is 40.8 Å². The van der Waals surface area contributed by atoms with E-state index in [2.05, 4.69) is 10.6 Å². The van der Waals surface area contributed by atoms with Gasteiger partial charge in [-0.2, -0.15) is 0 Å². The number of hydrogen-bond acceptors (Lipinski definition) is 5. The van der Waals surface area contributed by atoms with Gasteiger partial charge >= 0.3 is 0 Å². The van der Waals surface area contributed by atoms with Gasteiger partial charge in [0.05, 0.1) is 27.5 Å². The highest BCUT2D eigenvalue weighted by atomic mass is 35.5. The number of nitrogens with two attached hydrogens (primary N) is 1. The molecular weight excluding hydrogens is 360 g/mol. The molecule has 1 aliphatic heterocycles. The lowest BCUT2D eigenvalue weighted by Crippen LogP contribution is -2.24. The number of hydrogen-bond donors (Lipinski definition) is 3. The van der Waals surface area contributed by atoms with Gasteiger partial charge in [-0.15, -0.1) is 0 Å². The van der Waals surface area contributed by atoms with Crippen LogP contribution in [0.1, 0.15) is 34.6 Å². The maximum atomic E-state index is 12.4. The first-order chi connectivity index (χ1) is 12.2. The number of nitrogens with one attached hydrogen (secondary N) is 2. The minimum atomic E-state index is -0.664. The number of carbonyl (C=O) groups excluding carboxylic acids is 3. The average molecular weight is 375 g/mol. The molecular formula is C17H15ClN4O4. The molecule has 1 aromatic heterocycles. The minimum Gasteiger partial charge on any atom is -0.384 e. The molecule has 1 aliphatic rings. The molecule has 0 atom stereocenters. The van der Waals surface area contributed by atoms with E-state index in [-0.39, 0.29) is 33.8 Å². The molecule has 0 fully saturated rings. The highest BCUT2D eigenvalue weighted by Crippen LogP contribution is 2.28. The van der Waals surface area contributed by atoms with Gasteiger partial charge in [0.1, 0.15) is 5.82 Å². The van der Waals surface area contributed by atoms with Gasteiger partial charge in [0.25, 0.3) is 17.4 Å². The molecule has 9 heteroatoms. The van der Waals surface area contributed by atoms with Gasteiger partial charge in [0, 0.05) is 12.0 Å². The number of anilines is 2. The number of halogens is 1. The zero-order valence-electron chi connectivity index (χ0n) is 13.9. The number of rotatable bonds is 3. The van der Waals surface area contributed by atoms with Crippen LogP contribution in [0.3, 0.4) is 0 Å². The van der Waals surface area contributed by atoms with Crippen molar-refractivity contribution in [2.75, 3.05) is 11.1 Å². The van der Waals surface area contributed by atoms with E-state index < -0.39 is 17.4 Å². The molecule has 134 valence electrons. The summed E-state index contributed by atoms with van der Waals surface area (Å²) in [6, 6.07) is 5.55. The van der Waals surface area contributed by atoms with Crippen LogP contribution in [0.4, 0.5) is 11.5 Å². The number of imide groups is 1. The van der Waals surface area contributed by atoms with E-state index in [9.17, 15) is 19.2 Å². The van der Waals surface area contributed by atoms with Crippen LogP contribution in [0, 0.1) is 5.92 Å². The molecule has 0 saturated heterocycles. The summed E-state index contributed by atoms with van der Waals surface area (Å²) in [5.74, 6) is -1.92. The quantitative estimate of drug-likeness (QED) is 0.703. The van der Waals surface area contributed by atoms with E-state index in [1.807, 2.05) is 0 Å². The van der Waals surface area contributed by atoms with E-state index in [4.69, 9.17) is 17.3 Å². The van der Waals surface area contributed by atoms with Crippen molar-refractivity contribution in [2.45, 2.75) is 13.8 Å². The van der Waals surface area contributed by atoms with Crippen LogP contribution < -0.4 is 21.9 Å². The highest BCUT2D eigenvalue weighted by molar-refractivity contribution is 6.34. The summed E-state index contributed by atoms with van der Waals surface area (Å²) in [7, 11) is 0. The number of aromatic nitrogens is 1. The van der Waals surface area contributed by atoms with E-state index >= 15 is 0 Å². The largest absolute Gasteiger partial charge is 0.384 e. The second-order valence-corrected chi connectivity index (χ2v) is 6.49. The van der Waals surface area contributed by atoms with Crippen molar-refractivity contribution < 1.29 is 14.4 Å². The summed E-state index contributed by atoms with van der Waals surface area (Å²) in [6.07, 6.45) is 0. The van der Waals surface area contributed by atoms with Gasteiger partial charge in [-0.05, 0) is 18.2 Å². The van der Waals surface area contributed by atoms with Crippen LogP contribution in [-0.4, -0.2) is 22.3 Å². The van der Waals surface area contributed by atoms with E-state index in [1.165, 1.54) is 18.2 Å². The van der Waals surface area contributed by atoms with Gasteiger partial charge in [-0.1, -0.05) is 25.4 Å². The van der Waals surface area contributed by atoms with Crippen LogP contribution in [0.5, 0.6) is 0 Å². The summed E-state index contributed by atoms with van der Waals surface area (Å²) >= 11 is 6.20. The van der Waals surface area contributed by atoms with E-state index in [0.717, 1.165) is 10.6 Å². The van der Waals surface area contributed by atoms with E-state index in [0.29, 0.717) is 11.4 Å². The van der Waals surface area contributed by atoms with Crippen molar-refractivity contribution in [2.24, 2.45) is 5.92 Å². The van der Waals surface area contributed by atoms with Crippen LogP contribution in [0.25, 0.3) is 5.69 Å². The summed E-state index contributed by atoms with van der Waals surface area (Å²) in [5.41, 5.74) is 5.96. The zero-order valence-corrected chi connectivity index (χ0v) is 14.7. The van der Waals surface area contributed by atoms with Crippen molar-refractivity contribution in [3.8, 4) is 5.69 Å². The molecule has 1 aromatic carbocycles. The SMILES string of the molecule is CC(C)C(=O)Nc1ccc(-n2c(N)c3c(cc2=O)C(=O)NC3=O)cc1Cl. The Labute approximate surface area is 152 Å². The molecule has 0 saturated carbocycles. The smallest absolute Gasteiger partial charge is 0.262 e. The van der Waals surface area contributed by atoms with Crippen molar-refractivity contribution in [1.29, 1.82) is 0 Å². The Hall–Kier alpha value is -3.13. The predicted molar refractivity (Wildman–Crippen MR) is 96.7 cm³/mol. The third-order valence-corrected chi connectivity index (χ3v) is 4.26. The fourth-order valence-electron chi connectivity index (χ4n) is 2.57. The number of pyridine rings is 1. The Morgan fingerprint density at radius 2 is 1.88 bits per heavy atom. The minimum absolute atomic E-state index is 0.0529. The molecule has 0 bridgehead atoms. The fraction of sp³-hybridized carbons (Fsp3) is 0.176. The Morgan fingerprint density at radius 3 is 2.50 bits per heavy atom. The highest BCUT2D eigenvalue weighted by Gasteiger charge is 2.31. The van der Waals surface area contributed by atoms with Crippen LogP contribution in [-0.2, 0) is 4.79 Å². The van der Waals surface area contributed by atoms with Gasteiger partial charge in [0.15, 0.2) is 0 Å². The topological polar surface area (TPSA) is 123 Å². The third-order valence-electron chi connectivity index (χ3n) is 3.95. The molecule has 0 unspecified atom stereocenters. The summed E-state index contributed by atoms with van der Waals surface area (Å²) in [6.45, 7) is 3.49. The molecule has 26 heavy (non-hydrogen) atoms. The molecule has 4 N–H and O–H groups in total. The Kier molecular flexibility index (Phi) is 4.29. The zero-order chi connectivity index (χ0) is 19.2. The fourth-order valence-corrected chi connectivity index (χ4v) is 2.79. The van der Waals surface area contributed by atoms with Gasteiger partial charge < -0.3 is 11.1 Å². The number of carbonyl (C=O) groups is 3. The number of amides is 3. The van der Waals surface area contributed by atoms with Crippen molar-refractivity contribution in [1.82, 2.24) is 9.88 Å². The number of benzene rings is 1. The lowest BCUT2D eigenvalue weighted by molar-refractivity contribution is -0.118. The van der Waals surface area contributed by atoms with Gasteiger partial charge in [-0.25, -0.2) is 0 Å². The normalized spacial score (nSPS) is 12.9. The molecule has 3 rings (SSSR count). The molecule has 2 heterocycles. The Morgan fingerprint density at radius 1 is 1.19 bits per heavy atom. The molecule has 0 spiro atoms. The second kappa shape index (κ2) is 6.30. The number of nitrogens with zero attached hydrogens (tertiary/aromatic N) is 1. The molecule has 0 radical (unpaired) electrons. The van der Waals surface area contributed by atoms with Gasteiger partial charge in [0.2, 0.25) is 5.91 Å².